The summed E-state index contributed by atoms with van der Waals surface area (Å²) in [5, 5.41) is 0. The van der Waals surface area contributed by atoms with Crippen LogP contribution in [0.3, 0.4) is 0 Å². The fourth-order valence-corrected chi connectivity index (χ4v) is 7.96. The van der Waals surface area contributed by atoms with Gasteiger partial charge in [-0.05, 0) is 55.7 Å². The van der Waals surface area contributed by atoms with Crippen LogP contribution in [0.2, 0.25) is 0 Å². The molecular formula is C50H32B2N2OPt. The average molecular weight is 894 g/mol. The van der Waals surface area contributed by atoms with Gasteiger partial charge in [-0.15, -0.1) is 47.5 Å². The SMILES string of the molecule is [Pt+2].[c-]1c(Oc2[c-]c(C3=NB(c4ccccc4)c4ccccc4-c4ccccc43)ccc2)cccc1C1=NB(c2ccccc2)c2ccccc2-c2ccccc21. The van der Waals surface area contributed by atoms with E-state index in [4.69, 9.17) is 14.5 Å². The van der Waals surface area contributed by atoms with Crippen LogP contribution in [0.4, 0.5) is 0 Å². The summed E-state index contributed by atoms with van der Waals surface area (Å²) in [6.45, 7) is -0.367. The molecule has 8 aromatic rings. The first-order valence-electron chi connectivity index (χ1n) is 18.6. The second-order valence-corrected chi connectivity index (χ2v) is 13.8. The second-order valence-electron chi connectivity index (χ2n) is 13.8. The van der Waals surface area contributed by atoms with Gasteiger partial charge in [-0.2, -0.15) is 0 Å². The molecule has 6 heteroatoms. The molecule has 0 aromatic heterocycles. The van der Waals surface area contributed by atoms with Gasteiger partial charge in [0.1, 0.15) is 0 Å². The van der Waals surface area contributed by atoms with Gasteiger partial charge in [0.2, 0.25) is 0 Å². The Kier molecular flexibility index (Phi) is 9.78. The van der Waals surface area contributed by atoms with Crippen molar-refractivity contribution in [2.45, 2.75) is 0 Å². The molecule has 2 aliphatic rings. The molecule has 8 aromatic carbocycles. The Hall–Kier alpha value is -6.28. The third-order valence-corrected chi connectivity index (χ3v) is 10.5. The molecule has 0 amide bonds. The molecule has 0 unspecified atom stereocenters. The van der Waals surface area contributed by atoms with Gasteiger partial charge in [-0.1, -0.05) is 181 Å². The molecule has 0 N–H and O–H groups in total. The van der Waals surface area contributed by atoms with Gasteiger partial charge in [0, 0.05) is 11.5 Å². The van der Waals surface area contributed by atoms with Crippen LogP contribution in [0.15, 0.2) is 204 Å². The number of rotatable bonds is 6. The summed E-state index contributed by atoms with van der Waals surface area (Å²) < 4.78 is 6.61. The van der Waals surface area contributed by atoms with Gasteiger partial charge in [-0.25, -0.2) is 0 Å². The monoisotopic (exact) mass is 893 g/mol. The van der Waals surface area contributed by atoms with Gasteiger partial charge in [0.25, 0.3) is 0 Å². The zero-order chi connectivity index (χ0) is 36.6. The van der Waals surface area contributed by atoms with E-state index in [0.29, 0.717) is 11.5 Å². The summed E-state index contributed by atoms with van der Waals surface area (Å²) in [5.41, 5.74) is 14.9. The van der Waals surface area contributed by atoms with E-state index in [9.17, 15) is 0 Å². The molecule has 3 nitrogen and oxygen atoms in total. The Bertz CT molecular complexity index is 2580. The summed E-state index contributed by atoms with van der Waals surface area (Å²) in [5.74, 6) is 1.17. The van der Waals surface area contributed by atoms with E-state index >= 15 is 0 Å². The van der Waals surface area contributed by atoms with Crippen LogP contribution in [0.5, 0.6) is 11.5 Å². The Labute approximate surface area is 343 Å². The summed E-state index contributed by atoms with van der Waals surface area (Å²) in [4.78, 5) is 11.0. The van der Waals surface area contributed by atoms with Crippen molar-refractivity contribution in [2.75, 3.05) is 0 Å². The number of hydrogen-bond donors (Lipinski definition) is 0. The first kappa shape index (κ1) is 35.4. The van der Waals surface area contributed by atoms with Crippen LogP contribution in [-0.2, 0) is 21.1 Å². The average Bonchev–Trinajstić information content (AvgIpc) is 3.50. The minimum atomic E-state index is -0.183. The van der Waals surface area contributed by atoms with Crippen LogP contribution in [0.1, 0.15) is 22.3 Å². The molecule has 0 fully saturated rings. The van der Waals surface area contributed by atoms with E-state index in [1.54, 1.807) is 0 Å². The standard InChI is InChI=1S/C50H32B2N2O.Pt/c1-3-19-37(20-4-1)51-47-31-13-11-27-43(47)41-25-7-9-29-45(41)49(53-51)35-17-15-23-39(33-35)55-40-24-16-18-36(34-40)50-46-30-10-8-26-42(46)44-28-12-14-32-48(44)52(54-50)38-21-5-2-6-22-38;/h1-32H;/q-2;+2. The quantitative estimate of drug-likeness (QED) is 0.122. The Morgan fingerprint density at radius 3 is 1.12 bits per heavy atom. The van der Waals surface area contributed by atoms with E-state index in [1.165, 1.54) is 22.1 Å². The third-order valence-electron chi connectivity index (χ3n) is 10.5. The van der Waals surface area contributed by atoms with Crippen LogP contribution < -0.4 is 26.6 Å². The van der Waals surface area contributed by atoms with Gasteiger partial charge < -0.3 is 14.5 Å². The predicted octanol–water partition coefficient (Wildman–Crippen LogP) is 8.32. The second kappa shape index (κ2) is 15.5. The first-order valence-corrected chi connectivity index (χ1v) is 18.6. The van der Waals surface area contributed by atoms with Gasteiger partial charge in [0.15, 0.2) is 0 Å². The summed E-state index contributed by atoms with van der Waals surface area (Å²) in [7, 11) is 0. The normalized spacial score (nSPS) is 12.6. The summed E-state index contributed by atoms with van der Waals surface area (Å²) in [6.07, 6.45) is 0. The Morgan fingerprint density at radius 2 is 0.696 bits per heavy atom. The van der Waals surface area contributed by atoms with Crippen molar-refractivity contribution >= 4 is 47.0 Å². The number of nitrogens with zero attached hydrogens (tertiary/aromatic N) is 2. The predicted molar refractivity (Wildman–Crippen MR) is 229 cm³/mol. The van der Waals surface area contributed by atoms with Crippen molar-refractivity contribution in [3.63, 3.8) is 0 Å². The molecular weight excluding hydrogens is 861 g/mol. The van der Waals surface area contributed by atoms with Crippen molar-refractivity contribution in [1.82, 2.24) is 0 Å². The first-order chi connectivity index (χ1) is 27.3. The molecule has 0 atom stereocenters. The molecule has 0 saturated heterocycles. The molecule has 0 bridgehead atoms. The van der Waals surface area contributed by atoms with Crippen molar-refractivity contribution < 1.29 is 25.8 Å². The molecule has 0 aliphatic carbocycles. The van der Waals surface area contributed by atoms with Crippen molar-refractivity contribution in [3.8, 4) is 33.8 Å². The molecule has 264 valence electrons. The molecule has 0 spiro atoms. The Morgan fingerprint density at radius 1 is 0.339 bits per heavy atom. The van der Waals surface area contributed by atoms with E-state index < -0.39 is 0 Å². The number of ether oxygens (including phenoxy) is 1. The minimum absolute atomic E-state index is 0. The maximum atomic E-state index is 6.61. The van der Waals surface area contributed by atoms with Crippen LogP contribution in [0.25, 0.3) is 22.3 Å². The van der Waals surface area contributed by atoms with Crippen LogP contribution in [-0.4, -0.2) is 25.1 Å². The molecule has 56 heavy (non-hydrogen) atoms. The summed E-state index contributed by atoms with van der Waals surface area (Å²) in [6, 6.07) is 74.5. The fourth-order valence-electron chi connectivity index (χ4n) is 7.96. The van der Waals surface area contributed by atoms with Crippen LogP contribution >= 0.6 is 0 Å². The number of benzene rings is 8. The van der Waals surface area contributed by atoms with E-state index in [2.05, 4.69) is 170 Å². The van der Waals surface area contributed by atoms with Gasteiger partial charge in [-0.3, -0.25) is 0 Å². The van der Waals surface area contributed by atoms with Crippen molar-refractivity contribution in [2.24, 2.45) is 9.81 Å². The Balaban J connectivity index is 0.00000410. The van der Waals surface area contributed by atoms with Crippen molar-refractivity contribution in [3.05, 3.63) is 229 Å². The fraction of sp³-hybridized carbons (Fsp3) is 0. The minimum Gasteiger partial charge on any atom is -0.497 e. The zero-order valence-electron chi connectivity index (χ0n) is 30.2. The molecule has 2 aliphatic heterocycles. The third kappa shape index (κ3) is 6.59. The molecule has 0 saturated carbocycles. The largest absolute Gasteiger partial charge is 2.00 e. The van der Waals surface area contributed by atoms with E-state index in [-0.39, 0.29) is 34.8 Å². The van der Waals surface area contributed by atoms with Gasteiger partial charge in [0.05, 0.1) is 0 Å². The maximum Gasteiger partial charge on any atom is 2.00 e. The van der Waals surface area contributed by atoms with Gasteiger partial charge >= 0.3 is 34.8 Å². The topological polar surface area (TPSA) is 34.0 Å². The summed E-state index contributed by atoms with van der Waals surface area (Å²) >= 11 is 0. The van der Waals surface area contributed by atoms with Crippen molar-refractivity contribution in [1.29, 1.82) is 0 Å². The maximum absolute atomic E-state index is 6.61. The smallest absolute Gasteiger partial charge is 0.497 e. The number of fused-ring (bicyclic) bond motifs is 6. The van der Waals surface area contributed by atoms with E-state index in [1.807, 2.05) is 36.4 Å². The number of hydrogen-bond acceptors (Lipinski definition) is 3. The molecule has 2 heterocycles. The zero-order valence-corrected chi connectivity index (χ0v) is 32.5. The van der Waals surface area contributed by atoms with Crippen LogP contribution in [0, 0.1) is 12.1 Å². The van der Waals surface area contributed by atoms with E-state index in [0.717, 1.165) is 55.7 Å². The molecule has 0 radical (unpaired) electrons. The molecule has 10 rings (SSSR count).